The average Bonchev–Trinajstić information content (AvgIpc) is 2.64. The number of carbonyl (C=O) groups is 2. The molecular formula is C15H20O9. The van der Waals surface area contributed by atoms with E-state index in [1.165, 1.54) is 13.8 Å². The molecule has 4 rings (SSSR count). The van der Waals surface area contributed by atoms with Crippen molar-refractivity contribution in [1.29, 1.82) is 0 Å². The third-order valence-corrected chi connectivity index (χ3v) is 7.19. The first-order valence-corrected chi connectivity index (χ1v) is 7.87. The van der Waals surface area contributed by atoms with E-state index in [4.69, 9.17) is 9.47 Å². The van der Waals surface area contributed by atoms with Crippen LogP contribution in [0.15, 0.2) is 0 Å². The van der Waals surface area contributed by atoms with Crippen LogP contribution >= 0.6 is 0 Å². The molecule has 2 aliphatic heterocycles. The van der Waals surface area contributed by atoms with Gasteiger partial charge in [-0.3, -0.25) is 4.79 Å². The molecule has 134 valence electrons. The van der Waals surface area contributed by atoms with E-state index in [9.17, 15) is 35.1 Å². The second-order valence-corrected chi connectivity index (χ2v) is 7.69. The number of fused-ring (bicyclic) bond motifs is 2. The molecule has 2 aliphatic carbocycles. The van der Waals surface area contributed by atoms with Gasteiger partial charge in [-0.05, 0) is 19.3 Å². The lowest BCUT2D eigenvalue weighted by Gasteiger charge is -2.69. The topological polar surface area (TPSA) is 154 Å². The van der Waals surface area contributed by atoms with Gasteiger partial charge in [-0.25, -0.2) is 4.79 Å². The van der Waals surface area contributed by atoms with E-state index in [2.05, 4.69) is 0 Å². The van der Waals surface area contributed by atoms with E-state index in [1.807, 2.05) is 0 Å². The molecule has 2 saturated heterocycles. The average molecular weight is 344 g/mol. The maximum Gasteiger partial charge on any atom is 0.336 e. The molecule has 0 amide bonds. The Balaban J connectivity index is 2.06. The fraction of sp³-hybridized carbons (Fsp3) is 0.867. The first kappa shape index (κ1) is 16.2. The van der Waals surface area contributed by atoms with Crippen LogP contribution in [0.25, 0.3) is 0 Å². The minimum atomic E-state index is -2.45. The van der Waals surface area contributed by atoms with Gasteiger partial charge in [0.05, 0.1) is 6.10 Å². The molecule has 2 heterocycles. The zero-order chi connectivity index (χ0) is 17.9. The first-order valence-electron chi connectivity index (χ1n) is 7.87. The summed E-state index contributed by atoms with van der Waals surface area (Å²) >= 11 is 0. The summed E-state index contributed by atoms with van der Waals surface area (Å²) in [5.41, 5.74) is -8.25. The smallest absolute Gasteiger partial charge is 0.336 e. The number of aliphatic hydroxyl groups excluding tert-OH is 3. The van der Waals surface area contributed by atoms with E-state index < -0.39 is 70.9 Å². The van der Waals surface area contributed by atoms with Gasteiger partial charge in [0.2, 0.25) is 0 Å². The lowest BCUT2D eigenvalue weighted by Crippen LogP contribution is -2.87. The summed E-state index contributed by atoms with van der Waals surface area (Å²) in [5.74, 6) is -2.96. The fourth-order valence-electron chi connectivity index (χ4n) is 5.64. The summed E-state index contributed by atoms with van der Waals surface area (Å²) in [6, 6.07) is 0. The van der Waals surface area contributed by atoms with Crippen molar-refractivity contribution in [3.8, 4) is 0 Å². The van der Waals surface area contributed by atoms with Crippen LogP contribution in [0.3, 0.4) is 0 Å². The Morgan fingerprint density at radius 3 is 2.29 bits per heavy atom. The molecule has 9 heteroatoms. The Bertz CT molecular complexity index is 647. The number of cyclic esters (lactones) is 1. The Morgan fingerprint density at radius 1 is 1.17 bits per heavy atom. The summed E-state index contributed by atoms with van der Waals surface area (Å²) in [5, 5.41) is 54.1. The number of rotatable bonds is 0. The number of carbonyl (C=O) groups excluding carboxylic acids is 2. The number of hydrogen-bond donors (Lipinski definition) is 5. The summed E-state index contributed by atoms with van der Waals surface area (Å²) < 4.78 is 9.91. The predicted octanol–water partition coefficient (Wildman–Crippen LogP) is -2.94. The summed E-state index contributed by atoms with van der Waals surface area (Å²) in [7, 11) is 0. The SMILES string of the molecule is C[C@@H]1[C@@H](O)[C@@H](O)[C@@]2(O)[C@@]13C[C@@H](OC(=O)[C@@H]3O)[C@](C)(O)[C@@]21COC1=O. The van der Waals surface area contributed by atoms with Gasteiger partial charge in [0, 0.05) is 5.41 Å². The fourth-order valence-corrected chi connectivity index (χ4v) is 5.64. The van der Waals surface area contributed by atoms with E-state index in [0.29, 0.717) is 0 Å². The molecule has 2 bridgehead atoms. The molecule has 4 fully saturated rings. The van der Waals surface area contributed by atoms with Gasteiger partial charge in [-0.1, -0.05) is 6.92 Å². The van der Waals surface area contributed by atoms with Crippen molar-refractivity contribution in [1.82, 2.24) is 0 Å². The molecule has 0 aromatic carbocycles. The van der Waals surface area contributed by atoms with Crippen molar-refractivity contribution in [3.05, 3.63) is 0 Å². The minimum Gasteiger partial charge on any atom is -0.464 e. The van der Waals surface area contributed by atoms with Crippen molar-refractivity contribution in [2.45, 2.75) is 55.9 Å². The molecule has 24 heavy (non-hydrogen) atoms. The molecule has 2 spiro atoms. The lowest BCUT2D eigenvalue weighted by molar-refractivity contribution is -0.371. The summed E-state index contributed by atoms with van der Waals surface area (Å²) in [4.78, 5) is 24.5. The van der Waals surface area contributed by atoms with Crippen LogP contribution in [0.2, 0.25) is 0 Å². The highest BCUT2D eigenvalue weighted by molar-refractivity contribution is 5.88. The van der Waals surface area contributed by atoms with Crippen LogP contribution < -0.4 is 0 Å². The Kier molecular flexibility index (Phi) is 2.77. The molecular weight excluding hydrogens is 324 g/mol. The number of hydrogen-bond acceptors (Lipinski definition) is 9. The number of ether oxygens (including phenoxy) is 2. The molecule has 0 unspecified atom stereocenters. The van der Waals surface area contributed by atoms with Gasteiger partial charge in [0.15, 0.2) is 11.5 Å². The van der Waals surface area contributed by atoms with Crippen molar-refractivity contribution in [2.75, 3.05) is 6.61 Å². The van der Waals surface area contributed by atoms with Gasteiger partial charge in [-0.15, -0.1) is 0 Å². The van der Waals surface area contributed by atoms with E-state index >= 15 is 0 Å². The van der Waals surface area contributed by atoms with Crippen LogP contribution in [0.1, 0.15) is 20.3 Å². The third-order valence-electron chi connectivity index (χ3n) is 7.19. The molecule has 9 nitrogen and oxygen atoms in total. The molecule has 0 aromatic heterocycles. The quantitative estimate of drug-likeness (QED) is 0.290. The summed E-state index contributed by atoms with van der Waals surface area (Å²) in [6.45, 7) is 2.28. The van der Waals surface area contributed by atoms with Crippen molar-refractivity contribution in [3.63, 3.8) is 0 Å². The van der Waals surface area contributed by atoms with Gasteiger partial charge >= 0.3 is 11.9 Å². The predicted molar refractivity (Wildman–Crippen MR) is 73.1 cm³/mol. The monoisotopic (exact) mass is 344 g/mol. The normalized spacial score (nSPS) is 61.9. The molecule has 2 saturated carbocycles. The Hall–Kier alpha value is -1.26. The Morgan fingerprint density at radius 2 is 1.79 bits per heavy atom. The van der Waals surface area contributed by atoms with E-state index in [-0.39, 0.29) is 6.42 Å². The molecule has 0 aromatic rings. The van der Waals surface area contributed by atoms with Gasteiger partial charge in [0.25, 0.3) is 0 Å². The first-order chi connectivity index (χ1) is 11.0. The van der Waals surface area contributed by atoms with Crippen molar-refractivity contribution < 1.29 is 44.6 Å². The largest absolute Gasteiger partial charge is 0.464 e. The zero-order valence-electron chi connectivity index (χ0n) is 13.2. The number of esters is 2. The van der Waals surface area contributed by atoms with E-state index in [1.54, 1.807) is 0 Å². The number of aliphatic hydroxyl groups is 5. The van der Waals surface area contributed by atoms with Crippen molar-refractivity contribution in [2.24, 2.45) is 16.7 Å². The maximum absolute atomic E-state index is 12.4. The standard InChI is InChI=1S/C15H20O9/c1-5-7(16)8(17)15(22)13(5)3-6(24-10(19)9(13)18)12(2,21)14(15)4-23-11(14)20/h5-9,16-18,21-22H,3-4H2,1-2H3/t5-,6-,7-,8-,9+,12+,13+,14+,15-/m1/s1. The molecule has 0 radical (unpaired) electrons. The third kappa shape index (κ3) is 1.18. The highest BCUT2D eigenvalue weighted by Crippen LogP contribution is 2.72. The summed E-state index contributed by atoms with van der Waals surface area (Å²) in [6.07, 6.45) is -6.61. The van der Waals surface area contributed by atoms with Crippen LogP contribution in [-0.4, -0.2) is 79.7 Å². The molecule has 9 atom stereocenters. The Labute approximate surface area is 136 Å². The van der Waals surface area contributed by atoms with E-state index in [0.717, 1.165) is 0 Å². The van der Waals surface area contributed by atoms with Gasteiger partial charge in [-0.2, -0.15) is 0 Å². The second kappa shape index (κ2) is 4.10. The lowest BCUT2D eigenvalue weighted by atomic mass is 9.42. The second-order valence-electron chi connectivity index (χ2n) is 7.69. The van der Waals surface area contributed by atoms with Crippen LogP contribution in [-0.2, 0) is 19.1 Å². The highest BCUT2D eigenvalue weighted by Gasteiger charge is 2.90. The molecule has 4 aliphatic rings. The van der Waals surface area contributed by atoms with Gasteiger partial charge < -0.3 is 35.0 Å². The molecule has 5 N–H and O–H groups in total. The van der Waals surface area contributed by atoms with Gasteiger partial charge in [0.1, 0.15) is 30.0 Å². The maximum atomic E-state index is 12.4. The van der Waals surface area contributed by atoms with Crippen LogP contribution in [0.4, 0.5) is 0 Å². The highest BCUT2D eigenvalue weighted by atomic mass is 16.6. The van der Waals surface area contributed by atoms with Crippen molar-refractivity contribution >= 4 is 11.9 Å². The minimum absolute atomic E-state index is 0.201. The van der Waals surface area contributed by atoms with Crippen LogP contribution in [0, 0.1) is 16.7 Å². The zero-order valence-corrected chi connectivity index (χ0v) is 13.2. The van der Waals surface area contributed by atoms with Crippen LogP contribution in [0.5, 0.6) is 0 Å².